The number of rotatable bonds is 5. The Labute approximate surface area is 119 Å². The molecule has 0 bridgehead atoms. The van der Waals surface area contributed by atoms with Gasteiger partial charge in [-0.2, -0.15) is 0 Å². The van der Waals surface area contributed by atoms with Crippen LogP contribution in [-0.4, -0.2) is 17.8 Å². The van der Waals surface area contributed by atoms with Crippen molar-refractivity contribution in [3.8, 4) is 0 Å². The Bertz CT molecular complexity index is 373. The average Bonchev–Trinajstić information content (AvgIpc) is 2.26. The van der Waals surface area contributed by atoms with Crippen molar-refractivity contribution >= 4 is 15.9 Å². The van der Waals surface area contributed by atoms with E-state index in [0.29, 0.717) is 6.54 Å². The second-order valence-corrected chi connectivity index (χ2v) is 6.98. The Morgan fingerprint density at radius 2 is 2.00 bits per heavy atom. The van der Waals surface area contributed by atoms with Gasteiger partial charge in [-0.1, -0.05) is 48.8 Å². The molecule has 18 heavy (non-hydrogen) atoms. The molecule has 3 N–H and O–H groups in total. The summed E-state index contributed by atoms with van der Waals surface area (Å²) < 4.78 is 1.03. The minimum Gasteiger partial charge on any atom is -0.392 e. The van der Waals surface area contributed by atoms with Crippen molar-refractivity contribution < 1.29 is 5.11 Å². The van der Waals surface area contributed by atoms with Gasteiger partial charge >= 0.3 is 0 Å². The standard InChI is InChI=1S/C15H24BrNO/c1-15(2,3)8-7-14(18)13(10-17)11-5-4-6-12(16)9-11/h4-6,9,13-14,18H,7-8,10,17H2,1-3H3. The molecule has 1 rings (SSSR count). The quantitative estimate of drug-likeness (QED) is 0.871. The first-order valence-corrected chi connectivity index (χ1v) is 7.26. The Balaban J connectivity index is 2.71. The molecule has 0 saturated heterocycles. The average molecular weight is 314 g/mol. The number of hydrogen-bond donors (Lipinski definition) is 2. The molecule has 0 spiro atoms. The molecule has 0 heterocycles. The van der Waals surface area contributed by atoms with Crippen molar-refractivity contribution in [3.63, 3.8) is 0 Å². The van der Waals surface area contributed by atoms with Crippen molar-refractivity contribution in [2.24, 2.45) is 11.1 Å². The van der Waals surface area contributed by atoms with Gasteiger partial charge in [0.2, 0.25) is 0 Å². The molecule has 1 aromatic carbocycles. The topological polar surface area (TPSA) is 46.2 Å². The fourth-order valence-corrected chi connectivity index (χ4v) is 2.45. The van der Waals surface area contributed by atoms with Crippen LogP contribution < -0.4 is 5.73 Å². The van der Waals surface area contributed by atoms with E-state index in [-0.39, 0.29) is 17.4 Å². The van der Waals surface area contributed by atoms with E-state index in [1.165, 1.54) is 0 Å². The Morgan fingerprint density at radius 3 is 2.50 bits per heavy atom. The van der Waals surface area contributed by atoms with Crippen LogP contribution in [0.3, 0.4) is 0 Å². The molecule has 0 fully saturated rings. The van der Waals surface area contributed by atoms with Crippen LogP contribution in [0.5, 0.6) is 0 Å². The van der Waals surface area contributed by atoms with E-state index in [2.05, 4.69) is 36.7 Å². The number of hydrogen-bond acceptors (Lipinski definition) is 2. The molecule has 0 aromatic heterocycles. The molecule has 0 aliphatic rings. The molecule has 0 aliphatic carbocycles. The zero-order chi connectivity index (χ0) is 13.8. The molecule has 2 unspecified atom stereocenters. The minimum absolute atomic E-state index is 0.0184. The van der Waals surface area contributed by atoms with Crippen LogP contribution in [0.1, 0.15) is 45.1 Å². The number of benzene rings is 1. The van der Waals surface area contributed by atoms with Gasteiger partial charge < -0.3 is 10.8 Å². The molecule has 0 aliphatic heterocycles. The second-order valence-electron chi connectivity index (χ2n) is 6.06. The maximum atomic E-state index is 10.3. The number of halogens is 1. The summed E-state index contributed by atoms with van der Waals surface area (Å²) >= 11 is 3.46. The summed E-state index contributed by atoms with van der Waals surface area (Å²) in [5.41, 5.74) is 7.17. The first-order valence-electron chi connectivity index (χ1n) is 6.47. The zero-order valence-electron chi connectivity index (χ0n) is 11.5. The molecule has 2 nitrogen and oxygen atoms in total. The molecule has 1 aromatic rings. The van der Waals surface area contributed by atoms with Gasteiger partial charge in [-0.3, -0.25) is 0 Å². The molecular weight excluding hydrogens is 290 g/mol. The summed E-state index contributed by atoms with van der Waals surface area (Å²) in [5.74, 6) is 0.0184. The largest absolute Gasteiger partial charge is 0.392 e. The molecule has 102 valence electrons. The summed E-state index contributed by atoms with van der Waals surface area (Å²) in [6.45, 7) is 7.05. The summed E-state index contributed by atoms with van der Waals surface area (Å²) in [6.07, 6.45) is 1.42. The fraction of sp³-hybridized carbons (Fsp3) is 0.600. The minimum atomic E-state index is -0.372. The predicted molar refractivity (Wildman–Crippen MR) is 80.6 cm³/mol. The van der Waals surface area contributed by atoms with Crippen LogP contribution in [-0.2, 0) is 0 Å². The highest BCUT2D eigenvalue weighted by molar-refractivity contribution is 9.10. The van der Waals surface area contributed by atoms with Gasteiger partial charge in [0, 0.05) is 16.9 Å². The SMILES string of the molecule is CC(C)(C)CCC(O)C(CN)c1cccc(Br)c1. The summed E-state index contributed by atoms with van der Waals surface area (Å²) in [7, 11) is 0. The highest BCUT2D eigenvalue weighted by Gasteiger charge is 2.22. The van der Waals surface area contributed by atoms with Gasteiger partial charge in [0.25, 0.3) is 0 Å². The van der Waals surface area contributed by atoms with Crippen LogP contribution in [0.25, 0.3) is 0 Å². The van der Waals surface area contributed by atoms with Gasteiger partial charge in [0.15, 0.2) is 0 Å². The molecule has 0 saturated carbocycles. The lowest BCUT2D eigenvalue weighted by Crippen LogP contribution is -2.27. The number of aliphatic hydroxyl groups is 1. The summed E-state index contributed by atoms with van der Waals surface area (Å²) in [4.78, 5) is 0. The number of aliphatic hydroxyl groups excluding tert-OH is 1. The second kappa shape index (κ2) is 6.69. The molecule has 0 radical (unpaired) electrons. The normalized spacial score (nSPS) is 15.4. The summed E-state index contributed by atoms with van der Waals surface area (Å²) in [5, 5.41) is 10.3. The van der Waals surface area contributed by atoms with E-state index in [0.717, 1.165) is 22.9 Å². The lowest BCUT2D eigenvalue weighted by molar-refractivity contribution is 0.120. The van der Waals surface area contributed by atoms with Gasteiger partial charge in [-0.25, -0.2) is 0 Å². The predicted octanol–water partition coefficient (Wildman–Crippen LogP) is 3.68. The molecule has 0 amide bonds. The van der Waals surface area contributed by atoms with E-state index < -0.39 is 0 Å². The smallest absolute Gasteiger partial charge is 0.0621 e. The van der Waals surface area contributed by atoms with Crippen LogP contribution in [0.15, 0.2) is 28.7 Å². The Morgan fingerprint density at radius 1 is 1.33 bits per heavy atom. The third-order valence-corrected chi connectivity index (χ3v) is 3.68. The first kappa shape index (κ1) is 15.7. The molecular formula is C15H24BrNO. The van der Waals surface area contributed by atoms with Crippen LogP contribution in [0.2, 0.25) is 0 Å². The highest BCUT2D eigenvalue weighted by atomic mass is 79.9. The third kappa shape index (κ3) is 5.09. The molecule has 2 atom stereocenters. The lowest BCUT2D eigenvalue weighted by atomic mass is 9.84. The highest BCUT2D eigenvalue weighted by Crippen LogP contribution is 2.28. The number of nitrogens with two attached hydrogens (primary N) is 1. The van der Waals surface area contributed by atoms with Crippen molar-refractivity contribution in [1.29, 1.82) is 0 Å². The van der Waals surface area contributed by atoms with Crippen molar-refractivity contribution in [1.82, 2.24) is 0 Å². The lowest BCUT2D eigenvalue weighted by Gasteiger charge is -2.25. The third-order valence-electron chi connectivity index (χ3n) is 3.19. The van der Waals surface area contributed by atoms with Gasteiger partial charge in [-0.05, 0) is 36.0 Å². The van der Waals surface area contributed by atoms with Crippen LogP contribution >= 0.6 is 15.9 Å². The van der Waals surface area contributed by atoms with E-state index in [1.807, 2.05) is 24.3 Å². The van der Waals surface area contributed by atoms with E-state index >= 15 is 0 Å². The Kier molecular flexibility index (Phi) is 5.83. The van der Waals surface area contributed by atoms with E-state index in [9.17, 15) is 5.11 Å². The zero-order valence-corrected chi connectivity index (χ0v) is 13.1. The van der Waals surface area contributed by atoms with Gasteiger partial charge in [-0.15, -0.1) is 0 Å². The van der Waals surface area contributed by atoms with Crippen molar-refractivity contribution in [3.05, 3.63) is 34.3 Å². The summed E-state index contributed by atoms with van der Waals surface area (Å²) in [6, 6.07) is 8.04. The van der Waals surface area contributed by atoms with Crippen LogP contribution in [0, 0.1) is 5.41 Å². The monoisotopic (exact) mass is 313 g/mol. The maximum absolute atomic E-state index is 10.3. The van der Waals surface area contributed by atoms with E-state index in [1.54, 1.807) is 0 Å². The van der Waals surface area contributed by atoms with Crippen molar-refractivity contribution in [2.45, 2.75) is 45.6 Å². The fourth-order valence-electron chi connectivity index (χ4n) is 2.03. The van der Waals surface area contributed by atoms with Gasteiger partial charge in [0.1, 0.15) is 0 Å². The van der Waals surface area contributed by atoms with Crippen LogP contribution in [0.4, 0.5) is 0 Å². The van der Waals surface area contributed by atoms with Crippen molar-refractivity contribution in [2.75, 3.05) is 6.54 Å². The van der Waals surface area contributed by atoms with Gasteiger partial charge in [0.05, 0.1) is 6.10 Å². The Hall–Kier alpha value is -0.380. The first-order chi connectivity index (χ1) is 8.33. The van der Waals surface area contributed by atoms with E-state index in [4.69, 9.17) is 5.73 Å². The maximum Gasteiger partial charge on any atom is 0.0621 e. The molecule has 3 heteroatoms.